The van der Waals surface area contributed by atoms with E-state index < -0.39 is 23.8 Å². The van der Waals surface area contributed by atoms with Gasteiger partial charge in [0.15, 0.2) is 0 Å². The normalized spacial score (nSPS) is 31.4. The zero-order valence-electron chi connectivity index (χ0n) is 21.5. The van der Waals surface area contributed by atoms with E-state index in [0.29, 0.717) is 18.3 Å². The highest BCUT2D eigenvalue weighted by molar-refractivity contribution is 5.79. The lowest BCUT2D eigenvalue weighted by Crippen LogP contribution is -2.30. The second kappa shape index (κ2) is 15.8. The van der Waals surface area contributed by atoms with Gasteiger partial charge in [-0.2, -0.15) is 0 Å². The van der Waals surface area contributed by atoms with E-state index in [0.717, 1.165) is 44.4 Å². The van der Waals surface area contributed by atoms with Crippen LogP contribution in [0.4, 0.5) is 0 Å². The first-order valence-electron chi connectivity index (χ1n) is 14.4. The molecule has 0 aromatic carbocycles. The van der Waals surface area contributed by atoms with Gasteiger partial charge in [-0.15, -0.1) is 0 Å². The van der Waals surface area contributed by atoms with Crippen molar-refractivity contribution in [2.45, 2.75) is 148 Å². The molecule has 2 aliphatic carbocycles. The van der Waals surface area contributed by atoms with E-state index in [1.165, 1.54) is 89.9 Å². The summed E-state index contributed by atoms with van der Waals surface area (Å²) in [5.41, 5.74) is 0.432. The number of carboxylic acid groups (broad SMARTS) is 2. The summed E-state index contributed by atoms with van der Waals surface area (Å²) >= 11 is 0. The fourth-order valence-corrected chi connectivity index (χ4v) is 6.70. The van der Waals surface area contributed by atoms with Crippen LogP contribution in [0.25, 0.3) is 0 Å². The molecular formula is C29H52O4. The average Bonchev–Trinajstić information content (AvgIpc) is 2.84. The third-order valence-corrected chi connectivity index (χ3v) is 8.99. The molecule has 0 bridgehead atoms. The number of rotatable bonds is 3. The Kier molecular flexibility index (Phi) is 13.5. The van der Waals surface area contributed by atoms with E-state index in [1.807, 2.05) is 0 Å². The van der Waals surface area contributed by atoms with Crippen LogP contribution < -0.4 is 0 Å². The fourth-order valence-electron chi connectivity index (χ4n) is 6.70. The first-order chi connectivity index (χ1) is 15.9. The Bertz CT molecular complexity index is 514. The summed E-state index contributed by atoms with van der Waals surface area (Å²) in [7, 11) is 0. The molecule has 2 aliphatic rings. The Labute approximate surface area is 203 Å². The number of hydrogen-bond donors (Lipinski definition) is 2. The molecule has 2 saturated carbocycles. The lowest BCUT2D eigenvalue weighted by Gasteiger charge is -2.39. The van der Waals surface area contributed by atoms with Crippen LogP contribution in [0.3, 0.4) is 0 Å². The van der Waals surface area contributed by atoms with E-state index in [9.17, 15) is 19.8 Å². The molecule has 2 unspecified atom stereocenters. The van der Waals surface area contributed by atoms with Gasteiger partial charge in [-0.25, -0.2) is 0 Å². The third kappa shape index (κ3) is 10.4. The molecule has 192 valence electrons. The van der Waals surface area contributed by atoms with Gasteiger partial charge in [-0.3, -0.25) is 9.59 Å². The SMILES string of the molecule is CC1(C2CCCCCCCCCC2)CCCCCCC(C(=O)O)C(C(=O)O)CCCCCC1. The number of aliphatic carboxylic acids is 2. The van der Waals surface area contributed by atoms with Crippen LogP contribution in [0.1, 0.15) is 148 Å². The predicted octanol–water partition coefficient (Wildman–Crippen LogP) is 8.62. The highest BCUT2D eigenvalue weighted by Crippen LogP contribution is 2.44. The van der Waals surface area contributed by atoms with Crippen LogP contribution in [0.2, 0.25) is 0 Å². The molecule has 4 heteroatoms. The maximum absolute atomic E-state index is 11.8. The zero-order valence-corrected chi connectivity index (χ0v) is 21.5. The van der Waals surface area contributed by atoms with Crippen molar-refractivity contribution >= 4 is 11.9 Å². The molecule has 0 amide bonds. The summed E-state index contributed by atoms with van der Waals surface area (Å²) in [6.07, 6.45) is 26.2. The quantitative estimate of drug-likeness (QED) is 0.438. The maximum Gasteiger partial charge on any atom is 0.307 e. The van der Waals surface area contributed by atoms with Gasteiger partial charge in [0.1, 0.15) is 0 Å². The Morgan fingerprint density at radius 2 is 0.818 bits per heavy atom. The standard InChI is InChI=1S/C29H52O4/c1-29(24-18-12-6-4-2-3-5-7-13-19-24)22-16-10-8-14-20-25(27(30)31)26(28(32)33)21-15-9-11-17-23-29/h24-26H,2-23H2,1H3,(H,30,31)(H,32,33). The van der Waals surface area contributed by atoms with E-state index in [4.69, 9.17) is 0 Å². The lowest BCUT2D eigenvalue weighted by atomic mass is 9.66. The molecule has 0 spiro atoms. The van der Waals surface area contributed by atoms with Crippen LogP contribution in [-0.4, -0.2) is 22.2 Å². The highest BCUT2D eigenvalue weighted by atomic mass is 16.4. The largest absolute Gasteiger partial charge is 0.481 e. The van der Waals surface area contributed by atoms with Gasteiger partial charge >= 0.3 is 11.9 Å². The first-order valence-corrected chi connectivity index (χ1v) is 14.4. The number of carbonyl (C=O) groups is 2. The second-order valence-electron chi connectivity index (χ2n) is 11.6. The topological polar surface area (TPSA) is 74.6 Å². The molecule has 2 rings (SSSR count). The van der Waals surface area contributed by atoms with Gasteiger partial charge in [-0.1, -0.05) is 110 Å². The minimum Gasteiger partial charge on any atom is -0.481 e. The smallest absolute Gasteiger partial charge is 0.307 e. The molecular weight excluding hydrogens is 412 g/mol. The van der Waals surface area contributed by atoms with Crippen molar-refractivity contribution in [3.63, 3.8) is 0 Å². The van der Waals surface area contributed by atoms with Crippen molar-refractivity contribution in [3.05, 3.63) is 0 Å². The molecule has 0 aromatic heterocycles. The third-order valence-electron chi connectivity index (χ3n) is 8.99. The zero-order chi connectivity index (χ0) is 23.9. The summed E-state index contributed by atoms with van der Waals surface area (Å²) in [4.78, 5) is 23.6. The van der Waals surface area contributed by atoms with Crippen molar-refractivity contribution in [2.75, 3.05) is 0 Å². The Balaban J connectivity index is 2.01. The van der Waals surface area contributed by atoms with E-state index in [2.05, 4.69) is 6.92 Å². The van der Waals surface area contributed by atoms with E-state index in [1.54, 1.807) is 0 Å². The van der Waals surface area contributed by atoms with Crippen LogP contribution in [0.15, 0.2) is 0 Å². The molecule has 2 atom stereocenters. The molecule has 0 saturated heterocycles. The molecule has 2 N–H and O–H groups in total. The summed E-state index contributed by atoms with van der Waals surface area (Å²) in [5, 5.41) is 19.3. The minimum absolute atomic E-state index is 0.432. The molecule has 2 fully saturated rings. The van der Waals surface area contributed by atoms with Gasteiger partial charge in [0.2, 0.25) is 0 Å². The van der Waals surface area contributed by atoms with Gasteiger partial charge in [-0.05, 0) is 49.9 Å². The predicted molar refractivity (Wildman–Crippen MR) is 135 cm³/mol. The minimum atomic E-state index is -0.925. The molecule has 0 heterocycles. The van der Waals surface area contributed by atoms with Crippen LogP contribution in [0, 0.1) is 23.2 Å². The van der Waals surface area contributed by atoms with Gasteiger partial charge in [0, 0.05) is 0 Å². The van der Waals surface area contributed by atoms with Crippen molar-refractivity contribution in [1.82, 2.24) is 0 Å². The molecule has 33 heavy (non-hydrogen) atoms. The number of hydrogen-bond acceptors (Lipinski definition) is 2. The molecule has 0 radical (unpaired) electrons. The lowest BCUT2D eigenvalue weighted by molar-refractivity contribution is -0.154. The monoisotopic (exact) mass is 464 g/mol. The molecule has 4 nitrogen and oxygen atoms in total. The van der Waals surface area contributed by atoms with Crippen LogP contribution in [-0.2, 0) is 9.59 Å². The van der Waals surface area contributed by atoms with Crippen molar-refractivity contribution in [2.24, 2.45) is 23.2 Å². The summed E-state index contributed by atoms with van der Waals surface area (Å²) in [6.45, 7) is 2.58. The van der Waals surface area contributed by atoms with Crippen molar-refractivity contribution < 1.29 is 19.8 Å². The number of carboxylic acids is 2. The van der Waals surface area contributed by atoms with Crippen LogP contribution in [0.5, 0.6) is 0 Å². The van der Waals surface area contributed by atoms with Gasteiger partial charge in [0.25, 0.3) is 0 Å². The average molecular weight is 465 g/mol. The van der Waals surface area contributed by atoms with Crippen molar-refractivity contribution in [1.29, 1.82) is 0 Å². The summed E-state index contributed by atoms with van der Waals surface area (Å²) in [6, 6.07) is 0. The van der Waals surface area contributed by atoms with Gasteiger partial charge in [0.05, 0.1) is 11.8 Å². The molecule has 0 aliphatic heterocycles. The summed E-state index contributed by atoms with van der Waals surface area (Å²) < 4.78 is 0. The Hall–Kier alpha value is -1.06. The van der Waals surface area contributed by atoms with Crippen LogP contribution >= 0.6 is 0 Å². The van der Waals surface area contributed by atoms with E-state index in [-0.39, 0.29) is 0 Å². The maximum atomic E-state index is 11.8. The van der Waals surface area contributed by atoms with Gasteiger partial charge < -0.3 is 10.2 Å². The first kappa shape index (κ1) is 28.2. The van der Waals surface area contributed by atoms with Crippen molar-refractivity contribution in [3.8, 4) is 0 Å². The highest BCUT2D eigenvalue weighted by Gasteiger charge is 2.34. The Morgan fingerprint density at radius 3 is 1.18 bits per heavy atom. The Morgan fingerprint density at radius 1 is 0.515 bits per heavy atom. The van der Waals surface area contributed by atoms with E-state index >= 15 is 0 Å². The fraction of sp³-hybridized carbons (Fsp3) is 0.931. The summed E-state index contributed by atoms with van der Waals surface area (Å²) in [5.74, 6) is -2.47. The molecule has 0 aromatic rings. The second-order valence-corrected chi connectivity index (χ2v) is 11.6.